The number of anilines is 1. The maximum Gasteiger partial charge on any atom is 0.203 e. The summed E-state index contributed by atoms with van der Waals surface area (Å²) in [4.78, 5) is 8.38. The van der Waals surface area contributed by atoms with Crippen molar-refractivity contribution in [2.24, 2.45) is 5.84 Å². The van der Waals surface area contributed by atoms with Gasteiger partial charge in [-0.25, -0.2) is 10.8 Å². The van der Waals surface area contributed by atoms with Gasteiger partial charge in [0.1, 0.15) is 5.69 Å². The first kappa shape index (κ1) is 13.9. The van der Waals surface area contributed by atoms with Crippen molar-refractivity contribution in [3.63, 3.8) is 0 Å². The van der Waals surface area contributed by atoms with Crippen LogP contribution < -0.4 is 25.5 Å². The highest BCUT2D eigenvalue weighted by Gasteiger charge is 2.16. The monoisotopic (exact) mass is 276 g/mol. The second-order valence-corrected chi connectivity index (χ2v) is 3.81. The molecule has 0 aliphatic heterocycles. The summed E-state index contributed by atoms with van der Waals surface area (Å²) in [6.07, 6.45) is 3.13. The molecule has 0 atom stereocenters. The van der Waals surface area contributed by atoms with Crippen LogP contribution in [0.2, 0.25) is 0 Å². The van der Waals surface area contributed by atoms with Crippen LogP contribution in [-0.4, -0.2) is 31.3 Å². The van der Waals surface area contributed by atoms with Crippen LogP contribution in [0, 0.1) is 0 Å². The van der Waals surface area contributed by atoms with Crippen LogP contribution in [0.25, 0.3) is 11.3 Å². The van der Waals surface area contributed by atoms with E-state index in [0.717, 1.165) is 5.56 Å². The van der Waals surface area contributed by atoms with Crippen molar-refractivity contribution in [3.8, 4) is 28.5 Å². The van der Waals surface area contributed by atoms with Gasteiger partial charge < -0.3 is 19.6 Å². The molecule has 20 heavy (non-hydrogen) atoms. The zero-order chi connectivity index (χ0) is 14.5. The standard InChI is InChI=1S/C13H16N4O3/c1-18-9-6-8(7-10(19-2)12(9)20-3)11-13(17-14)16-5-4-15-11/h4-7H,14H2,1-3H3,(H,16,17). The molecular formula is C13H16N4O3. The molecule has 7 nitrogen and oxygen atoms in total. The summed E-state index contributed by atoms with van der Waals surface area (Å²) in [6, 6.07) is 3.57. The fraction of sp³-hybridized carbons (Fsp3) is 0.231. The first-order chi connectivity index (χ1) is 9.74. The molecule has 0 fully saturated rings. The van der Waals surface area contributed by atoms with E-state index in [1.165, 1.54) is 0 Å². The largest absolute Gasteiger partial charge is 0.493 e. The number of hydrogen-bond donors (Lipinski definition) is 2. The van der Waals surface area contributed by atoms with Crippen molar-refractivity contribution in [3.05, 3.63) is 24.5 Å². The summed E-state index contributed by atoms with van der Waals surface area (Å²) in [5.41, 5.74) is 3.85. The fourth-order valence-electron chi connectivity index (χ4n) is 1.87. The first-order valence-corrected chi connectivity index (χ1v) is 5.83. The van der Waals surface area contributed by atoms with Crippen LogP contribution in [0.4, 0.5) is 5.82 Å². The summed E-state index contributed by atoms with van der Waals surface area (Å²) in [5, 5.41) is 0. The van der Waals surface area contributed by atoms with Gasteiger partial charge in [-0.15, -0.1) is 0 Å². The van der Waals surface area contributed by atoms with E-state index in [9.17, 15) is 0 Å². The third-order valence-corrected chi connectivity index (χ3v) is 2.77. The number of nitrogens with two attached hydrogens (primary N) is 1. The highest BCUT2D eigenvalue weighted by atomic mass is 16.5. The summed E-state index contributed by atoms with van der Waals surface area (Å²) < 4.78 is 15.9. The van der Waals surface area contributed by atoms with Gasteiger partial charge in [-0.3, -0.25) is 4.98 Å². The minimum absolute atomic E-state index is 0.460. The average molecular weight is 276 g/mol. The van der Waals surface area contributed by atoms with Crippen LogP contribution in [0.1, 0.15) is 0 Å². The number of methoxy groups -OCH3 is 3. The van der Waals surface area contributed by atoms with Gasteiger partial charge >= 0.3 is 0 Å². The van der Waals surface area contributed by atoms with Crippen LogP contribution >= 0.6 is 0 Å². The molecule has 1 heterocycles. The molecule has 3 N–H and O–H groups in total. The molecule has 0 aliphatic carbocycles. The Kier molecular flexibility index (Phi) is 4.21. The molecule has 7 heteroatoms. The second kappa shape index (κ2) is 6.07. The Balaban J connectivity index is 2.63. The van der Waals surface area contributed by atoms with E-state index in [-0.39, 0.29) is 0 Å². The molecule has 106 valence electrons. The van der Waals surface area contributed by atoms with Crippen molar-refractivity contribution < 1.29 is 14.2 Å². The lowest BCUT2D eigenvalue weighted by Gasteiger charge is -2.14. The lowest BCUT2D eigenvalue weighted by atomic mass is 10.1. The fourth-order valence-corrected chi connectivity index (χ4v) is 1.87. The highest BCUT2D eigenvalue weighted by molar-refractivity contribution is 5.75. The molecule has 1 aromatic carbocycles. The Hall–Kier alpha value is -2.54. The lowest BCUT2D eigenvalue weighted by molar-refractivity contribution is 0.324. The van der Waals surface area contributed by atoms with E-state index < -0.39 is 0 Å². The quantitative estimate of drug-likeness (QED) is 0.631. The summed E-state index contributed by atoms with van der Waals surface area (Å²) in [7, 11) is 4.66. The molecule has 0 unspecified atom stereocenters. The van der Waals surface area contributed by atoms with Gasteiger partial charge in [0.2, 0.25) is 5.75 Å². The van der Waals surface area contributed by atoms with Gasteiger partial charge in [-0.2, -0.15) is 0 Å². The lowest BCUT2D eigenvalue weighted by Crippen LogP contribution is -2.10. The zero-order valence-corrected chi connectivity index (χ0v) is 11.5. The summed E-state index contributed by atoms with van der Waals surface area (Å²) >= 11 is 0. The molecule has 2 aromatic rings. The van der Waals surface area contributed by atoms with Gasteiger partial charge in [0.05, 0.1) is 21.3 Å². The van der Waals surface area contributed by atoms with E-state index in [1.54, 1.807) is 45.9 Å². The predicted molar refractivity (Wildman–Crippen MR) is 74.9 cm³/mol. The summed E-state index contributed by atoms with van der Waals surface area (Å²) in [6.45, 7) is 0. The number of nitrogens with zero attached hydrogens (tertiary/aromatic N) is 2. The SMILES string of the molecule is COc1cc(-c2nccnc2NN)cc(OC)c1OC. The topological polar surface area (TPSA) is 91.5 Å². The van der Waals surface area contributed by atoms with E-state index in [2.05, 4.69) is 15.4 Å². The third-order valence-electron chi connectivity index (χ3n) is 2.77. The molecule has 0 saturated carbocycles. The third kappa shape index (κ3) is 2.43. The molecule has 0 radical (unpaired) electrons. The molecule has 0 bridgehead atoms. The number of nitrogen functional groups attached to an aromatic ring is 1. The highest BCUT2D eigenvalue weighted by Crippen LogP contribution is 2.41. The Labute approximate surface area is 116 Å². The summed E-state index contributed by atoms with van der Waals surface area (Å²) in [5.74, 6) is 7.50. The van der Waals surface area contributed by atoms with E-state index in [0.29, 0.717) is 28.8 Å². The Morgan fingerprint density at radius 2 is 1.55 bits per heavy atom. The minimum Gasteiger partial charge on any atom is -0.493 e. The second-order valence-electron chi connectivity index (χ2n) is 3.81. The van der Waals surface area contributed by atoms with Crippen molar-refractivity contribution in [2.45, 2.75) is 0 Å². The number of aromatic nitrogens is 2. The predicted octanol–water partition coefficient (Wildman–Crippen LogP) is 1.45. The molecule has 0 aliphatic rings. The molecular weight excluding hydrogens is 260 g/mol. The van der Waals surface area contributed by atoms with Crippen LogP contribution in [0.15, 0.2) is 24.5 Å². The maximum atomic E-state index is 5.45. The number of hydrazine groups is 1. The molecule has 1 aromatic heterocycles. The van der Waals surface area contributed by atoms with Gasteiger partial charge in [-0.1, -0.05) is 0 Å². The van der Waals surface area contributed by atoms with Crippen LogP contribution in [0.5, 0.6) is 17.2 Å². The normalized spacial score (nSPS) is 10.0. The van der Waals surface area contributed by atoms with E-state index in [1.807, 2.05) is 0 Å². The molecule has 0 amide bonds. The van der Waals surface area contributed by atoms with E-state index in [4.69, 9.17) is 20.1 Å². The van der Waals surface area contributed by atoms with Gasteiger partial charge in [0.25, 0.3) is 0 Å². The molecule has 0 spiro atoms. The van der Waals surface area contributed by atoms with Crippen molar-refractivity contribution in [1.82, 2.24) is 9.97 Å². The Morgan fingerprint density at radius 3 is 2.05 bits per heavy atom. The van der Waals surface area contributed by atoms with Gasteiger partial charge in [-0.05, 0) is 12.1 Å². The molecule has 2 rings (SSSR count). The van der Waals surface area contributed by atoms with Gasteiger partial charge in [0.15, 0.2) is 17.3 Å². The molecule has 0 saturated heterocycles. The Morgan fingerprint density at radius 1 is 0.950 bits per heavy atom. The van der Waals surface area contributed by atoms with Crippen molar-refractivity contribution >= 4 is 5.82 Å². The van der Waals surface area contributed by atoms with Crippen molar-refractivity contribution in [1.29, 1.82) is 0 Å². The average Bonchev–Trinajstić information content (AvgIpc) is 2.53. The first-order valence-electron chi connectivity index (χ1n) is 5.83. The number of rotatable bonds is 5. The van der Waals surface area contributed by atoms with Gasteiger partial charge in [0, 0.05) is 18.0 Å². The number of nitrogens with one attached hydrogen (secondary N) is 1. The minimum atomic E-state index is 0.460. The number of benzene rings is 1. The smallest absolute Gasteiger partial charge is 0.203 e. The van der Waals surface area contributed by atoms with Crippen LogP contribution in [0.3, 0.4) is 0 Å². The van der Waals surface area contributed by atoms with Crippen LogP contribution in [-0.2, 0) is 0 Å². The maximum absolute atomic E-state index is 5.45. The number of ether oxygens (including phenoxy) is 3. The van der Waals surface area contributed by atoms with E-state index >= 15 is 0 Å². The van der Waals surface area contributed by atoms with Crippen molar-refractivity contribution in [2.75, 3.05) is 26.8 Å². The Bertz CT molecular complexity index is 579. The number of hydrogen-bond acceptors (Lipinski definition) is 7. The zero-order valence-electron chi connectivity index (χ0n) is 11.5.